The van der Waals surface area contributed by atoms with Crippen molar-refractivity contribution in [1.29, 1.82) is 0 Å². The monoisotopic (exact) mass is 486 g/mol. The van der Waals surface area contributed by atoms with E-state index in [0.717, 1.165) is 34.2 Å². The number of rotatable bonds is 7. The van der Waals surface area contributed by atoms with Gasteiger partial charge >= 0.3 is 0 Å². The molecule has 9 heteroatoms. The quantitative estimate of drug-likeness (QED) is 0.648. The van der Waals surface area contributed by atoms with Crippen LogP contribution in [0.1, 0.15) is 42.6 Å². The number of piperazine rings is 1. The zero-order chi connectivity index (χ0) is 24.1. The van der Waals surface area contributed by atoms with Gasteiger partial charge in [-0.25, -0.2) is 4.98 Å². The standard InChI is InChI=1S/C25H34N4O4S/c1-17(2)25(19-5-6-20-21(13-19)33-12-4-11-32-20)27-22(30)15-28-7-9-29(10-8-28)24(31)14-23-26-18(3)16-34-23/h5-6,13,16-17,25H,4,7-12,14-15H2,1-3H3,(H,27,30)/t25-/m0/s1. The third kappa shape index (κ3) is 6.27. The average Bonchev–Trinajstić information content (AvgIpc) is 3.08. The molecule has 4 rings (SSSR count). The highest BCUT2D eigenvalue weighted by Gasteiger charge is 2.25. The molecule has 3 heterocycles. The Bertz CT molecular complexity index is 1000. The minimum Gasteiger partial charge on any atom is -0.490 e. The number of nitrogens with zero attached hydrogens (tertiary/aromatic N) is 3. The maximum Gasteiger partial charge on any atom is 0.234 e. The maximum absolute atomic E-state index is 12.9. The molecule has 1 aromatic heterocycles. The van der Waals surface area contributed by atoms with E-state index in [-0.39, 0.29) is 23.8 Å². The highest BCUT2D eigenvalue weighted by molar-refractivity contribution is 7.09. The van der Waals surface area contributed by atoms with Crippen LogP contribution < -0.4 is 14.8 Å². The highest BCUT2D eigenvalue weighted by Crippen LogP contribution is 2.34. The minimum atomic E-state index is -0.116. The van der Waals surface area contributed by atoms with Crippen molar-refractivity contribution in [3.8, 4) is 11.5 Å². The molecule has 8 nitrogen and oxygen atoms in total. The van der Waals surface area contributed by atoms with Gasteiger partial charge in [-0.2, -0.15) is 0 Å². The Morgan fingerprint density at radius 1 is 1.12 bits per heavy atom. The molecule has 2 amide bonds. The first-order valence-corrected chi connectivity index (χ1v) is 12.9. The summed E-state index contributed by atoms with van der Waals surface area (Å²) in [6, 6.07) is 5.81. The van der Waals surface area contributed by atoms with Crippen molar-refractivity contribution in [3.05, 3.63) is 39.8 Å². The second kappa shape index (κ2) is 11.2. The number of amides is 2. The molecule has 1 aromatic carbocycles. The largest absolute Gasteiger partial charge is 0.490 e. The lowest BCUT2D eigenvalue weighted by molar-refractivity contribution is -0.132. The third-order valence-corrected chi connectivity index (χ3v) is 7.14. The van der Waals surface area contributed by atoms with Crippen molar-refractivity contribution in [2.24, 2.45) is 5.92 Å². The Balaban J connectivity index is 1.28. The summed E-state index contributed by atoms with van der Waals surface area (Å²) in [6.45, 7) is 10.4. The fraction of sp³-hybridized carbons (Fsp3) is 0.560. The van der Waals surface area contributed by atoms with Crippen molar-refractivity contribution in [3.63, 3.8) is 0 Å². The smallest absolute Gasteiger partial charge is 0.234 e. The van der Waals surface area contributed by atoms with Gasteiger partial charge < -0.3 is 19.7 Å². The van der Waals surface area contributed by atoms with Crippen molar-refractivity contribution < 1.29 is 19.1 Å². The molecular formula is C25H34N4O4S. The number of hydrogen-bond acceptors (Lipinski definition) is 7. The van der Waals surface area contributed by atoms with Gasteiger partial charge in [0.1, 0.15) is 5.01 Å². The van der Waals surface area contributed by atoms with Crippen LogP contribution in [0.2, 0.25) is 0 Å². The van der Waals surface area contributed by atoms with Gasteiger partial charge in [0.2, 0.25) is 11.8 Å². The number of benzene rings is 1. The van der Waals surface area contributed by atoms with Crippen LogP contribution in [0.25, 0.3) is 0 Å². The Morgan fingerprint density at radius 2 is 1.85 bits per heavy atom. The summed E-state index contributed by atoms with van der Waals surface area (Å²) in [5.41, 5.74) is 1.97. The molecule has 1 fully saturated rings. The number of thiazole rings is 1. The van der Waals surface area contributed by atoms with Gasteiger partial charge in [0, 0.05) is 43.7 Å². The Morgan fingerprint density at radius 3 is 2.53 bits per heavy atom. The molecular weight excluding hydrogens is 452 g/mol. The molecule has 2 aromatic rings. The zero-order valence-electron chi connectivity index (χ0n) is 20.2. The van der Waals surface area contributed by atoms with E-state index in [2.05, 4.69) is 29.0 Å². The molecule has 1 N–H and O–H groups in total. The summed E-state index contributed by atoms with van der Waals surface area (Å²) < 4.78 is 11.6. The van der Waals surface area contributed by atoms with E-state index in [4.69, 9.17) is 9.47 Å². The molecule has 0 radical (unpaired) electrons. The predicted molar refractivity (Wildman–Crippen MR) is 131 cm³/mol. The van der Waals surface area contributed by atoms with Gasteiger partial charge in [-0.1, -0.05) is 19.9 Å². The second-order valence-electron chi connectivity index (χ2n) is 9.26. The van der Waals surface area contributed by atoms with Gasteiger partial charge in [-0.3, -0.25) is 14.5 Å². The van der Waals surface area contributed by atoms with Gasteiger partial charge in [-0.05, 0) is 30.5 Å². The molecule has 0 saturated carbocycles. The van der Waals surface area contributed by atoms with E-state index in [1.165, 1.54) is 11.3 Å². The summed E-state index contributed by atoms with van der Waals surface area (Å²) in [6.07, 6.45) is 1.21. The summed E-state index contributed by atoms with van der Waals surface area (Å²) in [5, 5.41) is 6.04. The van der Waals surface area contributed by atoms with Crippen LogP contribution in [0.5, 0.6) is 11.5 Å². The topological polar surface area (TPSA) is 84.0 Å². The number of aryl methyl sites for hydroxylation is 1. The van der Waals surface area contributed by atoms with Crippen molar-refractivity contribution in [2.45, 2.75) is 39.7 Å². The molecule has 184 valence electrons. The summed E-state index contributed by atoms with van der Waals surface area (Å²) in [5.74, 6) is 1.81. The fourth-order valence-corrected chi connectivity index (χ4v) is 5.07. The van der Waals surface area contributed by atoms with Crippen molar-refractivity contribution in [1.82, 2.24) is 20.1 Å². The highest BCUT2D eigenvalue weighted by atomic mass is 32.1. The molecule has 34 heavy (non-hydrogen) atoms. The first-order valence-electron chi connectivity index (χ1n) is 12.0. The normalized spacial score (nSPS) is 17.4. The van der Waals surface area contributed by atoms with E-state index < -0.39 is 0 Å². The third-order valence-electron chi connectivity index (χ3n) is 6.18. The van der Waals surface area contributed by atoms with Crippen LogP contribution in [0, 0.1) is 12.8 Å². The predicted octanol–water partition coefficient (Wildman–Crippen LogP) is 2.81. The molecule has 0 unspecified atom stereocenters. The van der Waals surface area contributed by atoms with E-state index in [1.54, 1.807) is 0 Å². The Labute approximate surface area is 205 Å². The molecule has 1 saturated heterocycles. The number of ether oxygens (including phenoxy) is 2. The molecule has 0 bridgehead atoms. The average molecular weight is 487 g/mol. The van der Waals surface area contributed by atoms with E-state index in [9.17, 15) is 9.59 Å². The maximum atomic E-state index is 12.9. The zero-order valence-corrected chi connectivity index (χ0v) is 21.0. The van der Waals surface area contributed by atoms with E-state index in [0.29, 0.717) is 52.4 Å². The fourth-order valence-electron chi connectivity index (χ4n) is 4.31. The first-order chi connectivity index (χ1) is 16.4. The summed E-state index contributed by atoms with van der Waals surface area (Å²) in [7, 11) is 0. The lowest BCUT2D eigenvalue weighted by atomic mass is 9.95. The van der Waals surface area contributed by atoms with E-state index >= 15 is 0 Å². The van der Waals surface area contributed by atoms with Gasteiger partial charge in [0.15, 0.2) is 11.5 Å². The number of fused-ring (bicyclic) bond motifs is 1. The SMILES string of the molecule is Cc1csc(CC(=O)N2CCN(CC(=O)N[C@H](c3ccc4c(c3)OCCCO4)C(C)C)CC2)n1. The second-order valence-corrected chi connectivity index (χ2v) is 10.2. The molecule has 2 aliphatic rings. The van der Waals surface area contributed by atoms with Crippen LogP contribution in [0.3, 0.4) is 0 Å². The summed E-state index contributed by atoms with van der Waals surface area (Å²) in [4.78, 5) is 33.9. The lowest BCUT2D eigenvalue weighted by Gasteiger charge is -2.34. The number of carbonyl (C=O) groups is 2. The van der Waals surface area contributed by atoms with Gasteiger partial charge in [-0.15, -0.1) is 11.3 Å². The van der Waals surface area contributed by atoms with Crippen molar-refractivity contribution >= 4 is 23.2 Å². The van der Waals surface area contributed by atoms with Crippen LogP contribution in [0.15, 0.2) is 23.6 Å². The van der Waals surface area contributed by atoms with Gasteiger partial charge in [0.05, 0.1) is 32.2 Å². The molecule has 2 aliphatic heterocycles. The minimum absolute atomic E-state index is 0.0103. The molecule has 0 aliphatic carbocycles. The van der Waals surface area contributed by atoms with Crippen molar-refractivity contribution in [2.75, 3.05) is 45.9 Å². The number of aromatic nitrogens is 1. The van der Waals surface area contributed by atoms with Gasteiger partial charge in [0.25, 0.3) is 0 Å². The molecule has 1 atom stereocenters. The number of hydrogen-bond donors (Lipinski definition) is 1. The van der Waals surface area contributed by atoms with Crippen LogP contribution in [0.4, 0.5) is 0 Å². The Hall–Kier alpha value is -2.65. The lowest BCUT2D eigenvalue weighted by Crippen LogP contribution is -2.51. The van der Waals surface area contributed by atoms with E-state index in [1.807, 2.05) is 35.4 Å². The van der Waals surface area contributed by atoms with Crippen LogP contribution in [-0.2, 0) is 16.0 Å². The summed E-state index contributed by atoms with van der Waals surface area (Å²) >= 11 is 1.53. The van der Waals surface area contributed by atoms with Crippen LogP contribution in [-0.4, -0.2) is 72.5 Å². The first kappa shape index (κ1) is 24.5. The number of nitrogens with one attached hydrogen (secondary N) is 1. The Kier molecular flexibility index (Phi) is 8.05. The van der Waals surface area contributed by atoms with Crippen LogP contribution >= 0.6 is 11.3 Å². The molecule has 0 spiro atoms. The number of carbonyl (C=O) groups excluding carboxylic acids is 2.